The molecule has 2 rings (SSSR count). The van der Waals surface area contributed by atoms with Crippen LogP contribution in [0.25, 0.3) is 0 Å². The van der Waals surface area contributed by atoms with Gasteiger partial charge in [-0.3, -0.25) is 9.59 Å². The molecule has 5 nitrogen and oxygen atoms in total. The predicted molar refractivity (Wildman–Crippen MR) is 82.8 cm³/mol. The Labute approximate surface area is 128 Å². The summed E-state index contributed by atoms with van der Waals surface area (Å²) in [6, 6.07) is 6.53. The number of hydrogen-bond acceptors (Lipinski definition) is 4. The van der Waals surface area contributed by atoms with E-state index in [2.05, 4.69) is 21.2 Å². The molecule has 0 unspecified atom stereocenters. The van der Waals surface area contributed by atoms with Crippen molar-refractivity contribution in [1.82, 2.24) is 0 Å². The summed E-state index contributed by atoms with van der Waals surface area (Å²) < 4.78 is 1.01. The highest BCUT2D eigenvalue weighted by atomic mass is 79.9. The summed E-state index contributed by atoms with van der Waals surface area (Å²) in [4.78, 5) is 23.6. The van der Waals surface area contributed by atoms with E-state index in [1.807, 2.05) is 11.4 Å². The van der Waals surface area contributed by atoms with Crippen LogP contribution < -0.4 is 16.8 Å². The number of benzene rings is 1. The van der Waals surface area contributed by atoms with Gasteiger partial charge in [-0.05, 0) is 45.6 Å². The minimum Gasteiger partial charge on any atom is -0.380 e. The lowest BCUT2D eigenvalue weighted by Gasteiger charge is -2.09. The van der Waals surface area contributed by atoms with E-state index in [0.29, 0.717) is 12.2 Å². The van der Waals surface area contributed by atoms with Crippen molar-refractivity contribution in [2.45, 2.75) is 6.54 Å². The monoisotopic (exact) mass is 353 g/mol. The van der Waals surface area contributed by atoms with Crippen molar-refractivity contribution in [3.63, 3.8) is 0 Å². The molecule has 7 heteroatoms. The van der Waals surface area contributed by atoms with Gasteiger partial charge in [-0.15, -0.1) is 11.3 Å². The van der Waals surface area contributed by atoms with Crippen molar-refractivity contribution in [3.8, 4) is 0 Å². The summed E-state index contributed by atoms with van der Waals surface area (Å²) in [5.41, 5.74) is 11.6. The highest BCUT2D eigenvalue weighted by Crippen LogP contribution is 2.24. The Bertz CT molecular complexity index is 637. The zero-order valence-corrected chi connectivity index (χ0v) is 12.8. The Morgan fingerprint density at radius 3 is 2.20 bits per heavy atom. The number of carbonyl (C=O) groups is 2. The smallest absolute Gasteiger partial charge is 0.248 e. The molecule has 2 aromatic rings. The topological polar surface area (TPSA) is 98.2 Å². The summed E-state index contributed by atoms with van der Waals surface area (Å²) in [5, 5.41) is 5.11. The first kappa shape index (κ1) is 14.5. The van der Waals surface area contributed by atoms with Gasteiger partial charge in [0, 0.05) is 26.2 Å². The van der Waals surface area contributed by atoms with Gasteiger partial charge in [-0.1, -0.05) is 0 Å². The van der Waals surface area contributed by atoms with E-state index in [0.717, 1.165) is 9.35 Å². The van der Waals surface area contributed by atoms with Crippen molar-refractivity contribution in [3.05, 3.63) is 50.1 Å². The van der Waals surface area contributed by atoms with Crippen molar-refractivity contribution in [2.75, 3.05) is 5.32 Å². The predicted octanol–water partition coefficient (Wildman–Crippen LogP) is 2.32. The molecule has 1 aromatic heterocycles. The fourth-order valence-electron chi connectivity index (χ4n) is 1.65. The van der Waals surface area contributed by atoms with E-state index < -0.39 is 11.8 Å². The third-order valence-corrected chi connectivity index (χ3v) is 4.57. The Morgan fingerprint density at radius 2 is 1.75 bits per heavy atom. The maximum atomic E-state index is 11.3. The van der Waals surface area contributed by atoms with E-state index in [4.69, 9.17) is 11.5 Å². The number of anilines is 1. The number of hydrogen-bond donors (Lipinski definition) is 3. The van der Waals surface area contributed by atoms with Gasteiger partial charge in [0.15, 0.2) is 0 Å². The SMILES string of the molecule is NC(=O)c1cc(NCc2sccc2Br)cc(C(N)=O)c1. The summed E-state index contributed by atoms with van der Waals surface area (Å²) in [6.45, 7) is 0.568. The molecule has 0 saturated heterocycles. The molecule has 0 aliphatic heterocycles. The first-order chi connectivity index (χ1) is 9.47. The number of halogens is 1. The van der Waals surface area contributed by atoms with Gasteiger partial charge in [-0.25, -0.2) is 0 Å². The molecule has 20 heavy (non-hydrogen) atoms. The van der Waals surface area contributed by atoms with Crippen LogP contribution in [0.1, 0.15) is 25.6 Å². The minimum absolute atomic E-state index is 0.244. The molecule has 0 aliphatic carbocycles. The molecular formula is C13H12BrN3O2S. The van der Waals surface area contributed by atoms with E-state index in [1.54, 1.807) is 23.5 Å². The molecule has 0 saturated carbocycles. The number of thiophene rings is 1. The lowest BCUT2D eigenvalue weighted by Crippen LogP contribution is -2.16. The fourth-order valence-corrected chi connectivity index (χ4v) is 3.08. The first-order valence-corrected chi connectivity index (χ1v) is 7.35. The number of nitrogens with one attached hydrogen (secondary N) is 1. The van der Waals surface area contributed by atoms with Crippen molar-refractivity contribution in [1.29, 1.82) is 0 Å². The van der Waals surface area contributed by atoms with Gasteiger partial charge in [-0.2, -0.15) is 0 Å². The number of carbonyl (C=O) groups excluding carboxylic acids is 2. The summed E-state index contributed by atoms with van der Waals surface area (Å²) in [5.74, 6) is -1.21. The van der Waals surface area contributed by atoms with Gasteiger partial charge < -0.3 is 16.8 Å². The Kier molecular flexibility index (Phi) is 4.41. The lowest BCUT2D eigenvalue weighted by molar-refractivity contribution is 0.0999. The lowest BCUT2D eigenvalue weighted by atomic mass is 10.1. The molecule has 104 valence electrons. The van der Waals surface area contributed by atoms with Crippen molar-refractivity contribution < 1.29 is 9.59 Å². The maximum absolute atomic E-state index is 11.3. The normalized spacial score (nSPS) is 10.2. The quantitative estimate of drug-likeness (QED) is 0.769. The zero-order valence-electron chi connectivity index (χ0n) is 10.4. The molecule has 0 spiro atoms. The van der Waals surface area contributed by atoms with Crippen LogP contribution >= 0.6 is 27.3 Å². The van der Waals surface area contributed by atoms with Gasteiger partial charge in [0.1, 0.15) is 0 Å². The number of primary amides is 2. The fraction of sp³-hybridized carbons (Fsp3) is 0.0769. The van der Waals surface area contributed by atoms with E-state index in [9.17, 15) is 9.59 Å². The highest BCUT2D eigenvalue weighted by Gasteiger charge is 2.09. The van der Waals surface area contributed by atoms with Crippen LogP contribution in [0, 0.1) is 0 Å². The summed E-state index contributed by atoms with van der Waals surface area (Å²) in [6.07, 6.45) is 0. The largest absolute Gasteiger partial charge is 0.380 e. The molecule has 1 heterocycles. The van der Waals surface area contributed by atoms with Crippen molar-refractivity contribution in [2.24, 2.45) is 11.5 Å². The number of amides is 2. The van der Waals surface area contributed by atoms with Crippen molar-refractivity contribution >= 4 is 44.8 Å². The summed E-state index contributed by atoms with van der Waals surface area (Å²) in [7, 11) is 0. The minimum atomic E-state index is -0.603. The highest BCUT2D eigenvalue weighted by molar-refractivity contribution is 9.10. The third-order valence-electron chi connectivity index (χ3n) is 2.65. The third kappa shape index (κ3) is 3.37. The Morgan fingerprint density at radius 1 is 1.15 bits per heavy atom. The van der Waals surface area contributed by atoms with Crippen LogP contribution in [0.4, 0.5) is 5.69 Å². The second kappa shape index (κ2) is 6.06. The molecule has 2 amide bonds. The standard InChI is InChI=1S/C13H12BrN3O2S/c14-10-1-2-20-11(10)6-17-9-4-7(12(15)18)3-8(5-9)13(16)19/h1-5,17H,6H2,(H2,15,18)(H2,16,19). The van der Waals surface area contributed by atoms with Crippen LogP contribution in [0.15, 0.2) is 34.1 Å². The van der Waals surface area contributed by atoms with Crippen LogP contribution in [0.2, 0.25) is 0 Å². The molecule has 0 fully saturated rings. The Hall–Kier alpha value is -1.86. The first-order valence-electron chi connectivity index (χ1n) is 5.68. The second-order valence-corrected chi connectivity index (χ2v) is 5.93. The van der Waals surface area contributed by atoms with E-state index in [1.165, 1.54) is 6.07 Å². The zero-order chi connectivity index (χ0) is 14.7. The van der Waals surface area contributed by atoms with Gasteiger partial charge in [0.25, 0.3) is 0 Å². The van der Waals surface area contributed by atoms with Crippen LogP contribution in [-0.4, -0.2) is 11.8 Å². The van der Waals surface area contributed by atoms with Gasteiger partial charge >= 0.3 is 0 Å². The molecular weight excluding hydrogens is 342 g/mol. The average Bonchev–Trinajstić information content (AvgIpc) is 2.81. The molecule has 5 N–H and O–H groups in total. The van der Waals surface area contributed by atoms with E-state index in [-0.39, 0.29) is 11.1 Å². The average molecular weight is 354 g/mol. The van der Waals surface area contributed by atoms with E-state index >= 15 is 0 Å². The number of nitrogens with two attached hydrogens (primary N) is 2. The number of rotatable bonds is 5. The molecule has 0 radical (unpaired) electrons. The molecule has 1 aromatic carbocycles. The van der Waals surface area contributed by atoms with Gasteiger partial charge in [0.2, 0.25) is 11.8 Å². The van der Waals surface area contributed by atoms with Crippen LogP contribution in [0.3, 0.4) is 0 Å². The second-order valence-electron chi connectivity index (χ2n) is 4.07. The van der Waals surface area contributed by atoms with Crippen LogP contribution in [-0.2, 0) is 6.54 Å². The molecule has 0 bridgehead atoms. The van der Waals surface area contributed by atoms with Crippen LogP contribution in [0.5, 0.6) is 0 Å². The summed E-state index contributed by atoms with van der Waals surface area (Å²) >= 11 is 5.03. The Balaban J connectivity index is 2.24. The van der Waals surface area contributed by atoms with Gasteiger partial charge in [0.05, 0.1) is 6.54 Å². The maximum Gasteiger partial charge on any atom is 0.248 e. The molecule has 0 aliphatic rings. The molecule has 0 atom stereocenters.